The van der Waals surface area contributed by atoms with Gasteiger partial charge in [-0.25, -0.2) is 14.4 Å². The maximum atomic E-state index is 17.0. The minimum atomic E-state index is -0.682. The lowest BCUT2D eigenvalue weighted by atomic mass is 9.91. The Balaban J connectivity index is 0.584. The average Bonchev–Trinajstić information content (AvgIpc) is 1.39. The number of fused-ring (bicyclic) bond motifs is 2. The van der Waals surface area contributed by atoms with E-state index in [9.17, 15) is 24.3 Å². The lowest BCUT2D eigenvalue weighted by Crippen LogP contribution is -2.48. The molecule has 0 bridgehead atoms. The van der Waals surface area contributed by atoms with Gasteiger partial charge in [0.2, 0.25) is 29.6 Å². The number of aromatic hydroxyl groups is 1. The second-order valence-corrected chi connectivity index (χ2v) is 24.7. The molecule has 2 saturated heterocycles. The van der Waals surface area contributed by atoms with Crippen LogP contribution in [0.4, 0.5) is 16.2 Å². The van der Waals surface area contributed by atoms with E-state index in [1.165, 1.54) is 13.0 Å². The van der Waals surface area contributed by atoms with Crippen LogP contribution in [-0.2, 0) is 47.6 Å². The fourth-order valence-electron chi connectivity index (χ4n) is 11.6. The summed E-state index contributed by atoms with van der Waals surface area (Å²) in [6, 6.07) is 18.6. The third kappa shape index (κ3) is 19.0. The molecular formula is C68H86ClFN10O14S. The van der Waals surface area contributed by atoms with Crippen molar-refractivity contribution in [3.05, 3.63) is 100 Å². The minimum absolute atomic E-state index is 0.0180. The van der Waals surface area contributed by atoms with Crippen molar-refractivity contribution in [3.8, 4) is 38.9 Å². The molecule has 0 saturated carbocycles. The third-order valence-corrected chi connectivity index (χ3v) is 17.9. The fourth-order valence-corrected chi connectivity index (χ4v) is 12.7. The number of carbonyl (C=O) groups excluding carboxylic acids is 4. The number of phenols is 1. The number of aromatic nitrogens is 4. The highest BCUT2D eigenvalue weighted by Gasteiger charge is 2.41. The van der Waals surface area contributed by atoms with E-state index in [1.807, 2.05) is 80.6 Å². The number of piperazine rings is 1. The van der Waals surface area contributed by atoms with Gasteiger partial charge >= 0.3 is 0 Å². The molecule has 3 aromatic heterocycles. The molecule has 9 rings (SSSR count). The Hall–Kier alpha value is -7.82. The number of nitrogens with one attached hydrogen (secondary N) is 2. The zero-order valence-corrected chi connectivity index (χ0v) is 56.6. The van der Waals surface area contributed by atoms with Crippen molar-refractivity contribution in [2.24, 2.45) is 5.92 Å². The largest absolute Gasteiger partial charge is 0.508 e. The Labute approximate surface area is 561 Å². The van der Waals surface area contributed by atoms with Gasteiger partial charge in [0.05, 0.1) is 114 Å². The van der Waals surface area contributed by atoms with Crippen LogP contribution in [0.1, 0.15) is 75.9 Å². The molecule has 512 valence electrons. The zero-order chi connectivity index (χ0) is 67.4. The van der Waals surface area contributed by atoms with Crippen LogP contribution in [0.3, 0.4) is 0 Å². The highest BCUT2D eigenvalue weighted by molar-refractivity contribution is 7.13. The maximum Gasteiger partial charge on any atom is 0.254 e. The Bertz CT molecular complexity index is 3700. The summed E-state index contributed by atoms with van der Waals surface area (Å²) in [5.41, 5.74) is 5.10. The molecule has 95 heavy (non-hydrogen) atoms. The monoisotopic (exact) mass is 1350 g/mol. The Kier molecular flexibility index (Phi) is 26.5. The quantitative estimate of drug-likeness (QED) is 0.0309. The van der Waals surface area contributed by atoms with Gasteiger partial charge in [-0.15, -0.1) is 11.3 Å². The van der Waals surface area contributed by atoms with Gasteiger partial charge in [0.15, 0.2) is 11.6 Å². The number of aryl methyl sites for hydroxylation is 1. The Morgan fingerprint density at radius 3 is 2.13 bits per heavy atom. The van der Waals surface area contributed by atoms with Gasteiger partial charge in [-0.05, 0) is 83.9 Å². The molecule has 0 radical (unpaired) electrons. The summed E-state index contributed by atoms with van der Waals surface area (Å²) in [5, 5.41) is 22.9. The first-order valence-corrected chi connectivity index (χ1v) is 33.4. The van der Waals surface area contributed by atoms with Crippen LogP contribution in [0.25, 0.3) is 43.2 Å². The van der Waals surface area contributed by atoms with Gasteiger partial charge in [-0.1, -0.05) is 61.8 Å². The van der Waals surface area contributed by atoms with Gasteiger partial charge in [0.1, 0.15) is 41.4 Å². The molecule has 24 nitrogen and oxygen atoms in total. The molecule has 3 atom stereocenters. The van der Waals surface area contributed by atoms with Crippen molar-refractivity contribution in [1.82, 2.24) is 40.1 Å². The standard InChI is InChI=1S/C68H86ClFN10O14S/c1-43(2)60(67(85)80-18-10-13-55(80)66(84)73-44(3)50-15-14-48(38-56(50)86-7)64-45(4)72-42-95-64)57-41-58(76-94-57)93-36-35-92-34-33-91-32-31-90-30-29-89-28-27-88-26-25-87-24-23-77(6)59(83)16-17-71-68-74-63-53(65(75-68)79-21-19-78(20-22-79)46(5)81)40-54(69)61(62(63)70)52-39-49(82)37-47-11-8-9-12-51(47)52/h8-9,11-12,14-15,37-44,55,60,82H,10,13,16-36H2,1-7H3,(H,73,84)(H,71,74,75)/t44-,55-,60-/m0/s1. The topological polar surface area (TPSA) is 264 Å². The average molecular weight is 1350 g/mol. The van der Waals surface area contributed by atoms with Crippen molar-refractivity contribution in [2.75, 3.05) is 156 Å². The summed E-state index contributed by atoms with van der Waals surface area (Å²) in [6.07, 6.45) is 1.35. The van der Waals surface area contributed by atoms with Crippen LogP contribution in [0.15, 0.2) is 76.8 Å². The van der Waals surface area contributed by atoms with E-state index >= 15 is 4.39 Å². The number of rotatable bonds is 36. The molecule has 2 aliphatic heterocycles. The number of likely N-dealkylation sites (tertiary alicyclic amines) is 1. The number of anilines is 2. The van der Waals surface area contributed by atoms with E-state index in [4.69, 9.17) is 59.0 Å². The van der Waals surface area contributed by atoms with E-state index in [0.29, 0.717) is 164 Å². The number of carbonyl (C=O) groups is 4. The van der Waals surface area contributed by atoms with Crippen LogP contribution in [-0.4, -0.2) is 215 Å². The fraction of sp³-hybridized carbons (Fsp3) is 0.500. The van der Waals surface area contributed by atoms with Crippen LogP contribution in [0.5, 0.6) is 17.4 Å². The molecular weight excluding hydrogens is 1270 g/mol. The molecule has 2 aliphatic rings. The van der Waals surface area contributed by atoms with E-state index in [-0.39, 0.29) is 95.4 Å². The van der Waals surface area contributed by atoms with Crippen molar-refractivity contribution in [1.29, 1.82) is 0 Å². The molecule has 0 unspecified atom stereocenters. The number of ether oxygens (including phenoxy) is 8. The van der Waals surface area contributed by atoms with Crippen molar-refractivity contribution in [2.45, 2.75) is 71.9 Å². The zero-order valence-electron chi connectivity index (χ0n) is 55.0. The maximum absolute atomic E-state index is 17.0. The summed E-state index contributed by atoms with van der Waals surface area (Å²) in [4.78, 5) is 75.0. The number of methoxy groups -OCH3 is 1. The van der Waals surface area contributed by atoms with Crippen LogP contribution >= 0.6 is 22.9 Å². The highest BCUT2D eigenvalue weighted by Crippen LogP contribution is 2.43. The van der Waals surface area contributed by atoms with Gasteiger partial charge in [0, 0.05) is 88.8 Å². The molecule has 4 amide bonds. The summed E-state index contributed by atoms with van der Waals surface area (Å²) in [6.45, 7) is 16.6. The summed E-state index contributed by atoms with van der Waals surface area (Å²) in [7, 11) is 3.31. The number of halogens is 2. The number of likely N-dealkylation sites (N-methyl/N-ethyl adjacent to an activating group) is 1. The summed E-state index contributed by atoms with van der Waals surface area (Å²) < 4.78 is 67.9. The van der Waals surface area contributed by atoms with Gasteiger partial charge < -0.3 is 77.8 Å². The van der Waals surface area contributed by atoms with E-state index in [2.05, 4.69) is 25.8 Å². The predicted octanol–water partition coefficient (Wildman–Crippen LogP) is 9.09. The Morgan fingerprint density at radius 1 is 0.821 bits per heavy atom. The first-order valence-electron chi connectivity index (χ1n) is 32.2. The number of amides is 4. The molecule has 0 spiro atoms. The normalized spacial score (nSPS) is 14.8. The predicted molar refractivity (Wildman–Crippen MR) is 359 cm³/mol. The molecule has 7 aromatic rings. The van der Waals surface area contributed by atoms with Crippen molar-refractivity contribution < 1.29 is 71.1 Å². The SMILES string of the molecule is COc1cc(-c2scnc2C)ccc1[C@H](C)NC(=O)[C@@H]1CCCN1C(=O)[C@H](c1cc(OCCOCCOCCOCCOCCOCCOCCN(C)C(=O)CCNc2nc(N3CCN(C(C)=O)CC3)c3cc(Cl)c(-c4cc(O)cc5ccccc45)c(F)c3n2)no1)C(C)C. The van der Waals surface area contributed by atoms with E-state index < -0.39 is 17.8 Å². The first-order chi connectivity index (χ1) is 46.0. The summed E-state index contributed by atoms with van der Waals surface area (Å²) in [5.74, 6) is -0.304. The van der Waals surface area contributed by atoms with Gasteiger partial charge in [-0.3, -0.25) is 19.2 Å². The lowest BCUT2D eigenvalue weighted by molar-refractivity contribution is -0.141. The number of hydrogen-bond acceptors (Lipinski definition) is 21. The minimum Gasteiger partial charge on any atom is -0.508 e. The molecule has 5 heterocycles. The van der Waals surface area contributed by atoms with Crippen LogP contribution in [0, 0.1) is 18.7 Å². The Morgan fingerprint density at radius 2 is 1.48 bits per heavy atom. The molecule has 27 heteroatoms. The number of nitrogens with zero attached hydrogens (tertiary/aromatic N) is 8. The van der Waals surface area contributed by atoms with Gasteiger partial charge in [0.25, 0.3) is 5.88 Å². The molecule has 4 aromatic carbocycles. The number of benzene rings is 4. The molecule has 2 fully saturated rings. The van der Waals surface area contributed by atoms with E-state index in [0.717, 1.165) is 21.7 Å². The third-order valence-electron chi connectivity index (χ3n) is 16.6. The van der Waals surface area contributed by atoms with E-state index in [1.54, 1.807) is 58.4 Å². The lowest BCUT2D eigenvalue weighted by Gasteiger charge is -2.35. The molecule has 3 N–H and O–H groups in total. The van der Waals surface area contributed by atoms with Crippen molar-refractivity contribution >= 4 is 80.0 Å². The number of hydrogen-bond donors (Lipinski definition) is 3. The smallest absolute Gasteiger partial charge is 0.254 e. The second-order valence-electron chi connectivity index (χ2n) is 23.5. The van der Waals surface area contributed by atoms with Gasteiger partial charge in [-0.2, -0.15) is 4.98 Å². The number of phenolic OH excluding ortho intramolecular Hbond substituents is 1. The second kappa shape index (κ2) is 35.3. The summed E-state index contributed by atoms with van der Waals surface area (Å²) >= 11 is 8.44. The van der Waals surface area contributed by atoms with Crippen molar-refractivity contribution in [3.63, 3.8) is 0 Å². The highest BCUT2D eigenvalue weighted by atomic mass is 35.5. The van der Waals surface area contributed by atoms with Crippen LogP contribution < -0.4 is 25.0 Å². The first kappa shape index (κ1) is 71.5. The van der Waals surface area contributed by atoms with Crippen LogP contribution in [0.2, 0.25) is 5.02 Å². The molecule has 0 aliphatic carbocycles. The number of thiazole rings is 1.